The van der Waals surface area contributed by atoms with Crippen molar-refractivity contribution in [1.82, 2.24) is 24.7 Å². The maximum atomic E-state index is 12.5. The number of nitrogens with zero attached hydrogens (tertiary/aromatic N) is 5. The lowest BCUT2D eigenvalue weighted by molar-refractivity contribution is -0.157. The molecule has 3 aromatic heterocycles. The average molecular weight is 443 g/mol. The lowest BCUT2D eigenvalue weighted by Crippen LogP contribution is -2.14. The van der Waals surface area contributed by atoms with E-state index < -0.39 is 30.3 Å². The number of carbonyl (C=O) groups excluding carboxylic acids is 1. The number of hydrogen-bond donors (Lipinski definition) is 2. The highest BCUT2D eigenvalue weighted by atomic mass is 19.4. The Morgan fingerprint density at radius 1 is 1.16 bits per heavy atom. The van der Waals surface area contributed by atoms with Crippen molar-refractivity contribution < 1.29 is 22.4 Å². The van der Waals surface area contributed by atoms with Gasteiger partial charge in [-0.05, 0) is 49.1 Å². The first-order chi connectivity index (χ1) is 15.3. The standard InChI is InChI=1S/C20H16F3N7O2/c21-20(22,23)19-29-28-15(32-19)8-14(31)27-10-4-6-11(7-5-10)30-13-3-1-2-12(13)16-17(30)18(24)26-9-25-16/h4-7,9H,1-3,8H2,(H,27,31)(H2,24,25,26). The molecule has 4 aromatic rings. The summed E-state index contributed by atoms with van der Waals surface area (Å²) in [6.07, 6.45) is -0.920. The van der Waals surface area contributed by atoms with E-state index in [1.54, 1.807) is 12.1 Å². The first-order valence-electron chi connectivity index (χ1n) is 9.74. The first-order valence-corrected chi connectivity index (χ1v) is 9.74. The van der Waals surface area contributed by atoms with E-state index in [4.69, 9.17) is 5.73 Å². The molecule has 0 aliphatic heterocycles. The van der Waals surface area contributed by atoms with Gasteiger partial charge < -0.3 is 20.0 Å². The largest absolute Gasteiger partial charge is 0.470 e. The molecular formula is C20H16F3N7O2. The second-order valence-electron chi connectivity index (χ2n) is 7.34. The summed E-state index contributed by atoms with van der Waals surface area (Å²) in [6, 6.07) is 7.01. The molecule has 164 valence electrons. The Hall–Kier alpha value is -3.96. The molecule has 5 rings (SSSR count). The van der Waals surface area contributed by atoms with Crippen LogP contribution in [0, 0.1) is 0 Å². The number of aromatic nitrogens is 5. The zero-order valence-electron chi connectivity index (χ0n) is 16.5. The van der Waals surface area contributed by atoms with E-state index in [2.05, 4.69) is 29.9 Å². The van der Waals surface area contributed by atoms with Crippen LogP contribution in [0.5, 0.6) is 0 Å². The van der Waals surface area contributed by atoms with Crippen molar-refractivity contribution in [2.24, 2.45) is 0 Å². The maximum Gasteiger partial charge on any atom is 0.470 e. The SMILES string of the molecule is Nc1ncnc2c3c(n(-c4ccc(NC(=O)Cc5nnc(C(F)(F)F)o5)cc4)c12)CCC3. The Morgan fingerprint density at radius 2 is 1.94 bits per heavy atom. The molecule has 1 aliphatic carbocycles. The quantitative estimate of drug-likeness (QED) is 0.497. The Kier molecular flexibility index (Phi) is 4.57. The third kappa shape index (κ3) is 3.43. The Labute approximate surface area is 178 Å². The highest BCUT2D eigenvalue weighted by Gasteiger charge is 2.38. The molecule has 0 radical (unpaired) electrons. The van der Waals surface area contributed by atoms with E-state index in [1.165, 1.54) is 11.9 Å². The maximum absolute atomic E-state index is 12.5. The van der Waals surface area contributed by atoms with Crippen LogP contribution in [-0.4, -0.2) is 30.6 Å². The molecule has 12 heteroatoms. The minimum Gasteiger partial charge on any atom is -0.417 e. The number of fused-ring (bicyclic) bond motifs is 3. The molecule has 1 amide bonds. The van der Waals surface area contributed by atoms with Crippen molar-refractivity contribution in [3.63, 3.8) is 0 Å². The van der Waals surface area contributed by atoms with E-state index in [9.17, 15) is 18.0 Å². The van der Waals surface area contributed by atoms with Crippen LogP contribution in [0.15, 0.2) is 35.0 Å². The Morgan fingerprint density at radius 3 is 2.66 bits per heavy atom. The van der Waals surface area contributed by atoms with E-state index in [0.29, 0.717) is 11.5 Å². The third-order valence-electron chi connectivity index (χ3n) is 5.25. The molecule has 3 heterocycles. The van der Waals surface area contributed by atoms with E-state index in [1.807, 2.05) is 16.7 Å². The average Bonchev–Trinajstić information content (AvgIpc) is 3.45. The summed E-state index contributed by atoms with van der Waals surface area (Å²) in [6.45, 7) is 0. The van der Waals surface area contributed by atoms with Gasteiger partial charge in [0, 0.05) is 17.1 Å². The second-order valence-corrected chi connectivity index (χ2v) is 7.34. The first kappa shape index (κ1) is 20.0. The van der Waals surface area contributed by atoms with Crippen molar-refractivity contribution >= 4 is 28.4 Å². The number of amides is 1. The number of benzene rings is 1. The van der Waals surface area contributed by atoms with Crippen LogP contribution in [0.2, 0.25) is 0 Å². The van der Waals surface area contributed by atoms with Gasteiger partial charge in [0.15, 0.2) is 5.82 Å². The van der Waals surface area contributed by atoms with Crippen LogP contribution >= 0.6 is 0 Å². The summed E-state index contributed by atoms with van der Waals surface area (Å²) in [5, 5.41) is 8.77. The number of rotatable bonds is 4. The summed E-state index contributed by atoms with van der Waals surface area (Å²) in [5.74, 6) is -2.10. The molecule has 0 bridgehead atoms. The molecule has 32 heavy (non-hydrogen) atoms. The van der Waals surface area contributed by atoms with E-state index in [-0.39, 0.29) is 0 Å². The van der Waals surface area contributed by atoms with Gasteiger partial charge in [0.2, 0.25) is 11.8 Å². The fourth-order valence-electron chi connectivity index (χ4n) is 3.96. The Balaban J connectivity index is 1.37. The van der Waals surface area contributed by atoms with Crippen LogP contribution in [0.4, 0.5) is 24.7 Å². The van der Waals surface area contributed by atoms with Crippen molar-refractivity contribution in [2.75, 3.05) is 11.1 Å². The molecule has 0 unspecified atom stereocenters. The van der Waals surface area contributed by atoms with Crippen LogP contribution in [-0.2, 0) is 30.2 Å². The van der Waals surface area contributed by atoms with Gasteiger partial charge in [-0.3, -0.25) is 4.79 Å². The zero-order valence-corrected chi connectivity index (χ0v) is 16.5. The summed E-state index contributed by atoms with van der Waals surface area (Å²) in [5.41, 5.74) is 11.3. The number of nitrogens with two attached hydrogens (primary N) is 1. The van der Waals surface area contributed by atoms with Gasteiger partial charge in [0.25, 0.3) is 0 Å². The van der Waals surface area contributed by atoms with Gasteiger partial charge in [0.1, 0.15) is 18.3 Å². The van der Waals surface area contributed by atoms with Gasteiger partial charge in [0.05, 0.1) is 5.52 Å². The van der Waals surface area contributed by atoms with Crippen molar-refractivity contribution in [1.29, 1.82) is 0 Å². The summed E-state index contributed by atoms with van der Waals surface area (Å²) in [7, 11) is 0. The molecule has 9 nitrogen and oxygen atoms in total. The van der Waals surface area contributed by atoms with E-state index >= 15 is 0 Å². The van der Waals surface area contributed by atoms with Crippen molar-refractivity contribution in [3.8, 4) is 5.69 Å². The molecule has 0 saturated carbocycles. The lowest BCUT2D eigenvalue weighted by atomic mass is 10.2. The number of alkyl halides is 3. The number of aryl methyl sites for hydroxylation is 1. The predicted octanol–water partition coefficient (Wildman–Crippen LogP) is 3.07. The van der Waals surface area contributed by atoms with Gasteiger partial charge in [-0.25, -0.2) is 9.97 Å². The number of carbonyl (C=O) groups is 1. The molecule has 1 aromatic carbocycles. The molecule has 0 fully saturated rings. The smallest absolute Gasteiger partial charge is 0.417 e. The number of nitrogens with one attached hydrogen (secondary N) is 1. The normalized spacial score (nSPS) is 13.5. The lowest BCUT2D eigenvalue weighted by Gasteiger charge is -2.11. The summed E-state index contributed by atoms with van der Waals surface area (Å²) in [4.78, 5) is 20.7. The highest BCUT2D eigenvalue weighted by Crippen LogP contribution is 2.36. The monoisotopic (exact) mass is 443 g/mol. The van der Waals surface area contributed by atoms with Gasteiger partial charge in [-0.1, -0.05) is 0 Å². The molecular weight excluding hydrogens is 427 g/mol. The fourth-order valence-corrected chi connectivity index (χ4v) is 3.96. The van der Waals surface area contributed by atoms with E-state index in [0.717, 1.165) is 41.7 Å². The molecule has 0 spiro atoms. The summed E-state index contributed by atoms with van der Waals surface area (Å²) < 4.78 is 44.1. The third-order valence-corrected chi connectivity index (χ3v) is 5.25. The highest BCUT2D eigenvalue weighted by molar-refractivity contribution is 5.93. The molecule has 0 atom stereocenters. The molecule has 0 saturated heterocycles. The van der Waals surface area contributed by atoms with Crippen LogP contribution < -0.4 is 11.1 Å². The van der Waals surface area contributed by atoms with Crippen LogP contribution in [0.25, 0.3) is 16.7 Å². The van der Waals surface area contributed by atoms with Crippen LogP contribution in [0.3, 0.4) is 0 Å². The van der Waals surface area contributed by atoms with Gasteiger partial charge in [-0.2, -0.15) is 13.2 Å². The predicted molar refractivity (Wildman–Crippen MR) is 107 cm³/mol. The number of nitrogen functional groups attached to an aromatic ring is 1. The number of hydrogen-bond acceptors (Lipinski definition) is 7. The summed E-state index contributed by atoms with van der Waals surface area (Å²) >= 11 is 0. The Bertz CT molecular complexity index is 1330. The van der Waals surface area contributed by atoms with Crippen molar-refractivity contribution in [3.05, 3.63) is 53.6 Å². The van der Waals surface area contributed by atoms with Gasteiger partial charge >= 0.3 is 12.1 Å². The zero-order chi connectivity index (χ0) is 22.5. The topological polar surface area (TPSA) is 125 Å². The second kappa shape index (κ2) is 7.32. The molecule has 1 aliphatic rings. The fraction of sp³-hybridized carbons (Fsp3) is 0.250. The number of anilines is 2. The van der Waals surface area contributed by atoms with Crippen LogP contribution in [0.1, 0.15) is 29.5 Å². The van der Waals surface area contributed by atoms with Gasteiger partial charge in [-0.15, -0.1) is 10.2 Å². The molecule has 3 N–H and O–H groups in total. The number of halogens is 3. The van der Waals surface area contributed by atoms with Crippen molar-refractivity contribution in [2.45, 2.75) is 31.9 Å². The minimum absolute atomic E-state index is 0.388. The minimum atomic E-state index is -4.76.